The van der Waals surface area contributed by atoms with Crippen LogP contribution in [0.15, 0.2) is 47.4 Å². The average Bonchev–Trinajstić information content (AvgIpc) is 2.58. The van der Waals surface area contributed by atoms with Gasteiger partial charge in [-0.1, -0.05) is 18.2 Å². The Morgan fingerprint density at radius 3 is 2.46 bits per heavy atom. The van der Waals surface area contributed by atoms with Crippen LogP contribution in [-0.4, -0.2) is 26.4 Å². The second-order valence-corrected chi connectivity index (χ2v) is 7.29. The van der Waals surface area contributed by atoms with Crippen LogP contribution >= 0.6 is 0 Å². The summed E-state index contributed by atoms with van der Waals surface area (Å²) in [5.74, 6) is -0.0646. The number of pyridine rings is 1. The smallest absolute Gasteiger partial charge is 0.240 e. The van der Waals surface area contributed by atoms with Gasteiger partial charge in [0.05, 0.1) is 17.1 Å². The van der Waals surface area contributed by atoms with Crippen LogP contribution in [0.1, 0.15) is 23.4 Å². The van der Waals surface area contributed by atoms with Crippen molar-refractivity contribution in [1.29, 1.82) is 0 Å². The summed E-state index contributed by atoms with van der Waals surface area (Å²) in [6, 6.07) is 12.2. The minimum Gasteiger partial charge on any atom is -0.350 e. The van der Waals surface area contributed by atoms with E-state index >= 15 is 0 Å². The number of nitrogens with one attached hydrogen (secondary N) is 2. The SMILES string of the molecule is CNS(=O)(=O)c1ccc(CCC(=O)NCc2cccc(C)n2)cc1. The number of aryl methyl sites for hydroxylation is 2. The molecule has 0 radical (unpaired) electrons. The molecular weight excluding hydrogens is 326 g/mol. The molecule has 0 atom stereocenters. The second kappa shape index (κ2) is 8.03. The number of sulfonamides is 1. The van der Waals surface area contributed by atoms with Crippen molar-refractivity contribution < 1.29 is 13.2 Å². The van der Waals surface area contributed by atoms with Crippen LogP contribution in [0.2, 0.25) is 0 Å². The number of hydrogen-bond donors (Lipinski definition) is 2. The van der Waals surface area contributed by atoms with Gasteiger partial charge in [0.2, 0.25) is 15.9 Å². The van der Waals surface area contributed by atoms with Crippen LogP contribution in [-0.2, 0) is 27.8 Å². The molecule has 0 fully saturated rings. The summed E-state index contributed by atoms with van der Waals surface area (Å²) in [6.07, 6.45) is 0.886. The van der Waals surface area contributed by atoms with Crippen molar-refractivity contribution in [3.05, 3.63) is 59.4 Å². The van der Waals surface area contributed by atoms with E-state index in [9.17, 15) is 13.2 Å². The van der Waals surface area contributed by atoms with E-state index in [1.807, 2.05) is 25.1 Å². The van der Waals surface area contributed by atoms with Gasteiger partial charge in [-0.3, -0.25) is 9.78 Å². The van der Waals surface area contributed by atoms with Gasteiger partial charge in [0.1, 0.15) is 0 Å². The van der Waals surface area contributed by atoms with Gasteiger partial charge < -0.3 is 5.32 Å². The molecule has 0 bridgehead atoms. The van der Waals surface area contributed by atoms with Gasteiger partial charge in [-0.25, -0.2) is 13.1 Å². The number of carbonyl (C=O) groups excluding carboxylic acids is 1. The zero-order chi connectivity index (χ0) is 17.6. The second-order valence-electron chi connectivity index (χ2n) is 5.40. The summed E-state index contributed by atoms with van der Waals surface area (Å²) in [4.78, 5) is 16.4. The third-order valence-corrected chi connectivity index (χ3v) is 4.99. The summed E-state index contributed by atoms with van der Waals surface area (Å²) in [5.41, 5.74) is 2.65. The molecule has 2 N–H and O–H groups in total. The first kappa shape index (κ1) is 18.1. The molecule has 0 spiro atoms. The van der Waals surface area contributed by atoms with Crippen LogP contribution in [0.25, 0.3) is 0 Å². The molecule has 0 aliphatic carbocycles. The lowest BCUT2D eigenvalue weighted by atomic mass is 10.1. The summed E-state index contributed by atoms with van der Waals surface area (Å²) in [5, 5.41) is 2.83. The fourth-order valence-electron chi connectivity index (χ4n) is 2.19. The lowest BCUT2D eigenvalue weighted by Gasteiger charge is -2.07. The molecule has 2 rings (SSSR count). The number of rotatable bonds is 7. The van der Waals surface area contributed by atoms with Crippen molar-refractivity contribution in [3.8, 4) is 0 Å². The molecule has 1 aromatic carbocycles. The molecular formula is C17H21N3O3S. The molecule has 6 nitrogen and oxygen atoms in total. The van der Waals surface area contributed by atoms with E-state index in [0.717, 1.165) is 17.0 Å². The molecule has 1 heterocycles. The third-order valence-electron chi connectivity index (χ3n) is 3.56. The maximum absolute atomic E-state index is 11.9. The predicted molar refractivity (Wildman–Crippen MR) is 91.8 cm³/mol. The Morgan fingerprint density at radius 2 is 1.83 bits per heavy atom. The number of benzene rings is 1. The maximum atomic E-state index is 11.9. The fourth-order valence-corrected chi connectivity index (χ4v) is 2.92. The van der Waals surface area contributed by atoms with Crippen LogP contribution in [0.4, 0.5) is 0 Å². The maximum Gasteiger partial charge on any atom is 0.240 e. The standard InChI is InChI=1S/C17H21N3O3S/c1-13-4-3-5-15(20-13)12-19-17(21)11-8-14-6-9-16(10-7-14)24(22,23)18-2/h3-7,9-10,18H,8,11-12H2,1-2H3,(H,19,21). The summed E-state index contributed by atoms with van der Waals surface area (Å²) in [7, 11) is -2.05. The van der Waals surface area contributed by atoms with Gasteiger partial charge in [0.15, 0.2) is 0 Å². The van der Waals surface area contributed by atoms with E-state index in [0.29, 0.717) is 19.4 Å². The minimum absolute atomic E-state index is 0.0646. The Hall–Kier alpha value is -2.25. The van der Waals surface area contributed by atoms with E-state index in [-0.39, 0.29) is 10.8 Å². The fraction of sp³-hybridized carbons (Fsp3) is 0.294. The Morgan fingerprint density at radius 1 is 1.12 bits per heavy atom. The highest BCUT2D eigenvalue weighted by atomic mass is 32.2. The first-order chi connectivity index (χ1) is 11.4. The summed E-state index contributed by atoms with van der Waals surface area (Å²) >= 11 is 0. The van der Waals surface area contributed by atoms with Crippen LogP contribution in [0, 0.1) is 6.92 Å². The normalized spacial score (nSPS) is 11.2. The molecule has 2 aromatic rings. The highest BCUT2D eigenvalue weighted by molar-refractivity contribution is 7.89. The molecule has 1 aromatic heterocycles. The molecule has 0 unspecified atom stereocenters. The number of amides is 1. The Kier molecular flexibility index (Phi) is 6.05. The lowest BCUT2D eigenvalue weighted by Crippen LogP contribution is -2.23. The van der Waals surface area contributed by atoms with Crippen LogP contribution in [0.3, 0.4) is 0 Å². The van der Waals surface area contributed by atoms with Crippen LogP contribution < -0.4 is 10.0 Å². The van der Waals surface area contributed by atoms with Crippen molar-refractivity contribution in [1.82, 2.24) is 15.0 Å². The van der Waals surface area contributed by atoms with Gasteiger partial charge in [0, 0.05) is 12.1 Å². The Balaban J connectivity index is 1.83. The highest BCUT2D eigenvalue weighted by Crippen LogP contribution is 2.11. The first-order valence-corrected chi connectivity index (χ1v) is 9.11. The summed E-state index contributed by atoms with van der Waals surface area (Å²) in [6.45, 7) is 2.31. The lowest BCUT2D eigenvalue weighted by molar-refractivity contribution is -0.121. The quantitative estimate of drug-likeness (QED) is 0.795. The van der Waals surface area contributed by atoms with Crippen LogP contribution in [0.5, 0.6) is 0 Å². The van der Waals surface area contributed by atoms with Crippen molar-refractivity contribution in [2.24, 2.45) is 0 Å². The number of nitrogens with zero attached hydrogens (tertiary/aromatic N) is 1. The topological polar surface area (TPSA) is 88.2 Å². The van der Waals surface area contributed by atoms with E-state index in [4.69, 9.17) is 0 Å². The molecule has 128 valence electrons. The summed E-state index contributed by atoms with van der Waals surface area (Å²) < 4.78 is 25.5. The monoisotopic (exact) mass is 347 g/mol. The number of hydrogen-bond acceptors (Lipinski definition) is 4. The van der Waals surface area contributed by atoms with E-state index < -0.39 is 10.0 Å². The predicted octanol–water partition coefficient (Wildman–Crippen LogP) is 1.55. The Bertz CT molecular complexity index is 802. The van der Waals surface area contributed by atoms with Crippen molar-refractivity contribution in [2.45, 2.75) is 31.2 Å². The zero-order valence-electron chi connectivity index (χ0n) is 13.7. The molecule has 24 heavy (non-hydrogen) atoms. The molecule has 0 saturated heterocycles. The van der Waals surface area contributed by atoms with Gasteiger partial charge in [-0.05, 0) is 50.2 Å². The highest BCUT2D eigenvalue weighted by Gasteiger charge is 2.10. The van der Waals surface area contributed by atoms with Gasteiger partial charge in [-0.15, -0.1) is 0 Å². The molecule has 7 heteroatoms. The Labute approximate surface area is 142 Å². The van der Waals surface area contributed by atoms with Gasteiger partial charge in [-0.2, -0.15) is 0 Å². The minimum atomic E-state index is -3.43. The number of aromatic nitrogens is 1. The van der Waals surface area contributed by atoms with Crippen molar-refractivity contribution >= 4 is 15.9 Å². The van der Waals surface area contributed by atoms with E-state index in [1.165, 1.54) is 19.2 Å². The average molecular weight is 347 g/mol. The first-order valence-electron chi connectivity index (χ1n) is 7.62. The number of carbonyl (C=O) groups is 1. The van der Waals surface area contributed by atoms with E-state index in [1.54, 1.807) is 12.1 Å². The molecule has 0 saturated carbocycles. The van der Waals surface area contributed by atoms with Gasteiger partial charge in [0.25, 0.3) is 0 Å². The van der Waals surface area contributed by atoms with Crippen molar-refractivity contribution in [2.75, 3.05) is 7.05 Å². The zero-order valence-corrected chi connectivity index (χ0v) is 14.6. The molecule has 0 aliphatic heterocycles. The molecule has 1 amide bonds. The largest absolute Gasteiger partial charge is 0.350 e. The van der Waals surface area contributed by atoms with Gasteiger partial charge >= 0.3 is 0 Å². The van der Waals surface area contributed by atoms with Crippen molar-refractivity contribution in [3.63, 3.8) is 0 Å². The molecule has 0 aliphatic rings. The van der Waals surface area contributed by atoms with E-state index in [2.05, 4.69) is 15.0 Å². The third kappa shape index (κ3) is 5.14.